The Kier molecular flexibility index (Phi) is 4.57. The zero-order chi connectivity index (χ0) is 15.6. The summed E-state index contributed by atoms with van der Waals surface area (Å²) < 4.78 is 5.14. The van der Waals surface area contributed by atoms with E-state index in [4.69, 9.17) is 16.3 Å². The number of carbonyl (C=O) groups is 1. The maximum absolute atomic E-state index is 11.0. The molecular formula is C16H21ClN2O3. The van der Waals surface area contributed by atoms with Gasteiger partial charge in [-0.3, -0.25) is 0 Å². The van der Waals surface area contributed by atoms with Crippen molar-refractivity contribution in [3.05, 3.63) is 34.9 Å². The highest BCUT2D eigenvalue weighted by Gasteiger charge is 2.34. The largest absolute Gasteiger partial charge is 0.444 e. The van der Waals surface area contributed by atoms with E-state index in [1.165, 1.54) is 0 Å². The number of aliphatic hydroxyl groups is 1. The Morgan fingerprint density at radius 1 is 1.32 bits per heavy atom. The van der Waals surface area contributed by atoms with Gasteiger partial charge < -0.3 is 20.1 Å². The number of hydrogen-bond donors (Lipinski definition) is 2. The molecule has 120 valence electrons. The van der Waals surface area contributed by atoms with Gasteiger partial charge in [0.1, 0.15) is 6.10 Å². The fraction of sp³-hybridized carbons (Fsp3) is 0.562. The molecule has 0 spiro atoms. The van der Waals surface area contributed by atoms with Gasteiger partial charge in [-0.25, -0.2) is 4.79 Å². The van der Waals surface area contributed by atoms with Crippen LogP contribution in [0.3, 0.4) is 0 Å². The topological polar surface area (TPSA) is 61.8 Å². The molecule has 0 saturated carbocycles. The van der Waals surface area contributed by atoms with Gasteiger partial charge in [0, 0.05) is 24.7 Å². The first kappa shape index (κ1) is 15.6. The van der Waals surface area contributed by atoms with Crippen LogP contribution in [-0.2, 0) is 10.3 Å². The van der Waals surface area contributed by atoms with Gasteiger partial charge >= 0.3 is 6.09 Å². The van der Waals surface area contributed by atoms with Crippen LogP contribution in [0.1, 0.15) is 24.8 Å². The summed E-state index contributed by atoms with van der Waals surface area (Å²) in [6.07, 6.45) is 1.90. The first-order valence-corrected chi connectivity index (χ1v) is 8.08. The lowest BCUT2D eigenvalue weighted by Crippen LogP contribution is -2.43. The minimum absolute atomic E-state index is 0.0235. The number of alkyl carbamates (subject to hydrolysis) is 1. The summed E-state index contributed by atoms with van der Waals surface area (Å²) in [6.45, 7) is 3.16. The third-order valence-corrected chi connectivity index (χ3v) is 4.83. The Bertz CT molecular complexity index is 527. The van der Waals surface area contributed by atoms with E-state index in [0.29, 0.717) is 24.4 Å². The molecule has 1 unspecified atom stereocenters. The number of cyclic esters (lactones) is 1. The van der Waals surface area contributed by atoms with Crippen molar-refractivity contribution in [1.29, 1.82) is 0 Å². The highest BCUT2D eigenvalue weighted by atomic mass is 35.5. The Morgan fingerprint density at radius 2 is 2.00 bits per heavy atom. The molecule has 5 nitrogen and oxygen atoms in total. The minimum atomic E-state index is -0.761. The van der Waals surface area contributed by atoms with Crippen molar-refractivity contribution in [3.8, 4) is 0 Å². The predicted molar refractivity (Wildman–Crippen MR) is 83.9 cm³/mol. The molecule has 0 aromatic heterocycles. The van der Waals surface area contributed by atoms with Crippen molar-refractivity contribution >= 4 is 17.7 Å². The second-order valence-electron chi connectivity index (χ2n) is 6.08. The van der Waals surface area contributed by atoms with E-state index in [9.17, 15) is 9.90 Å². The average Bonchev–Trinajstić information content (AvgIpc) is 2.93. The third-order valence-electron chi connectivity index (χ3n) is 4.58. The van der Waals surface area contributed by atoms with Crippen LogP contribution < -0.4 is 5.32 Å². The monoisotopic (exact) mass is 324 g/mol. The van der Waals surface area contributed by atoms with Crippen LogP contribution in [0.15, 0.2) is 24.3 Å². The van der Waals surface area contributed by atoms with Crippen molar-refractivity contribution < 1.29 is 14.6 Å². The molecule has 1 atom stereocenters. The molecule has 22 heavy (non-hydrogen) atoms. The van der Waals surface area contributed by atoms with Gasteiger partial charge in [-0.15, -0.1) is 0 Å². The summed E-state index contributed by atoms with van der Waals surface area (Å²) in [4.78, 5) is 13.3. The van der Waals surface area contributed by atoms with E-state index in [2.05, 4.69) is 10.2 Å². The molecule has 0 radical (unpaired) electrons. The maximum Gasteiger partial charge on any atom is 0.407 e. The van der Waals surface area contributed by atoms with Gasteiger partial charge in [-0.1, -0.05) is 23.7 Å². The number of amides is 1. The zero-order valence-electron chi connectivity index (χ0n) is 12.4. The Labute approximate surface area is 135 Å². The first-order valence-electron chi connectivity index (χ1n) is 7.70. The number of benzene rings is 1. The van der Waals surface area contributed by atoms with E-state index in [-0.39, 0.29) is 12.2 Å². The molecule has 1 amide bonds. The summed E-state index contributed by atoms with van der Waals surface area (Å²) in [7, 11) is 0. The third kappa shape index (κ3) is 3.54. The Balaban J connectivity index is 1.49. The lowest BCUT2D eigenvalue weighted by atomic mass is 9.84. The van der Waals surface area contributed by atoms with Crippen molar-refractivity contribution in [2.24, 2.45) is 0 Å². The van der Waals surface area contributed by atoms with Gasteiger partial charge in [-0.2, -0.15) is 0 Å². The van der Waals surface area contributed by atoms with Crippen molar-refractivity contribution in [1.82, 2.24) is 10.2 Å². The second kappa shape index (κ2) is 6.44. The van der Waals surface area contributed by atoms with E-state index >= 15 is 0 Å². The molecule has 2 N–H and O–H groups in total. The summed E-state index contributed by atoms with van der Waals surface area (Å²) in [5, 5.41) is 14.2. The van der Waals surface area contributed by atoms with Crippen molar-refractivity contribution in [3.63, 3.8) is 0 Å². The lowest BCUT2D eigenvalue weighted by Gasteiger charge is -2.38. The maximum atomic E-state index is 11.0. The van der Waals surface area contributed by atoms with Crippen LogP contribution in [0.4, 0.5) is 4.79 Å². The molecule has 0 aliphatic carbocycles. The van der Waals surface area contributed by atoms with Gasteiger partial charge in [0.25, 0.3) is 0 Å². The van der Waals surface area contributed by atoms with Gasteiger partial charge in [-0.05, 0) is 37.0 Å². The standard InChI is InChI=1S/C16H21ClN2O3/c17-13-3-1-12(2-4-13)16(21)6-9-19(10-7-16)8-5-14-11-18-15(20)22-14/h1-4,14,21H,5-11H2,(H,18,20). The van der Waals surface area contributed by atoms with Crippen LogP contribution in [0.2, 0.25) is 5.02 Å². The molecular weight excluding hydrogens is 304 g/mol. The highest BCUT2D eigenvalue weighted by Crippen LogP contribution is 2.33. The van der Waals surface area contributed by atoms with Crippen LogP contribution in [0.5, 0.6) is 0 Å². The lowest BCUT2D eigenvalue weighted by molar-refractivity contribution is -0.0275. The van der Waals surface area contributed by atoms with Gasteiger partial charge in [0.2, 0.25) is 0 Å². The number of halogens is 1. The van der Waals surface area contributed by atoms with E-state index in [1.807, 2.05) is 24.3 Å². The number of likely N-dealkylation sites (tertiary alicyclic amines) is 1. The first-order chi connectivity index (χ1) is 10.5. The van der Waals surface area contributed by atoms with Crippen LogP contribution in [0.25, 0.3) is 0 Å². The Hall–Kier alpha value is -1.30. The number of carbonyl (C=O) groups excluding carboxylic acids is 1. The van der Waals surface area contributed by atoms with Gasteiger partial charge in [0.05, 0.1) is 12.1 Å². The predicted octanol–water partition coefficient (Wildman–Crippen LogP) is 2.12. The number of hydrogen-bond acceptors (Lipinski definition) is 4. The van der Waals surface area contributed by atoms with Gasteiger partial charge in [0.15, 0.2) is 0 Å². The van der Waals surface area contributed by atoms with E-state index in [0.717, 1.165) is 31.6 Å². The fourth-order valence-corrected chi connectivity index (χ4v) is 3.24. The normalized spacial score (nSPS) is 24.8. The molecule has 0 bridgehead atoms. The Morgan fingerprint density at radius 3 is 2.59 bits per heavy atom. The summed E-state index contributed by atoms with van der Waals surface area (Å²) in [6, 6.07) is 7.45. The molecule has 1 aromatic carbocycles. The number of nitrogens with one attached hydrogen (secondary N) is 1. The summed E-state index contributed by atoms with van der Waals surface area (Å²) in [5.41, 5.74) is 0.174. The smallest absolute Gasteiger partial charge is 0.407 e. The molecule has 3 rings (SSSR count). The molecule has 2 fully saturated rings. The average molecular weight is 325 g/mol. The van der Waals surface area contributed by atoms with Crippen LogP contribution in [-0.4, -0.2) is 48.4 Å². The van der Waals surface area contributed by atoms with Crippen molar-refractivity contribution in [2.75, 3.05) is 26.2 Å². The molecule has 2 aliphatic heterocycles. The number of nitrogens with zero attached hydrogens (tertiary/aromatic N) is 1. The molecule has 2 aliphatic rings. The van der Waals surface area contributed by atoms with Crippen molar-refractivity contribution in [2.45, 2.75) is 31.0 Å². The number of piperidine rings is 1. The summed E-state index contributed by atoms with van der Waals surface area (Å²) >= 11 is 5.90. The van der Waals surface area contributed by atoms with E-state index < -0.39 is 5.60 Å². The summed E-state index contributed by atoms with van der Waals surface area (Å²) in [5.74, 6) is 0. The number of rotatable bonds is 4. The SMILES string of the molecule is O=C1NCC(CCN2CCC(O)(c3ccc(Cl)cc3)CC2)O1. The van der Waals surface area contributed by atoms with E-state index in [1.54, 1.807) is 0 Å². The highest BCUT2D eigenvalue weighted by molar-refractivity contribution is 6.30. The minimum Gasteiger partial charge on any atom is -0.444 e. The zero-order valence-corrected chi connectivity index (χ0v) is 13.2. The molecule has 2 saturated heterocycles. The number of ether oxygens (including phenoxy) is 1. The second-order valence-corrected chi connectivity index (χ2v) is 6.51. The molecule has 1 aromatic rings. The fourth-order valence-electron chi connectivity index (χ4n) is 3.11. The van der Waals surface area contributed by atoms with Crippen LogP contribution >= 0.6 is 11.6 Å². The molecule has 2 heterocycles. The van der Waals surface area contributed by atoms with Crippen LogP contribution in [0, 0.1) is 0 Å². The quantitative estimate of drug-likeness (QED) is 0.890. The molecule has 6 heteroatoms.